The van der Waals surface area contributed by atoms with E-state index < -0.39 is 21.3 Å². The van der Waals surface area contributed by atoms with Gasteiger partial charge in [-0.2, -0.15) is 8.42 Å². The van der Waals surface area contributed by atoms with Gasteiger partial charge in [-0.3, -0.25) is 9.35 Å². The van der Waals surface area contributed by atoms with Gasteiger partial charge in [0.15, 0.2) is 5.25 Å². The minimum absolute atomic E-state index is 0.120. The first-order valence-corrected chi connectivity index (χ1v) is 10.1. The van der Waals surface area contributed by atoms with Crippen LogP contribution < -0.4 is 0 Å². The van der Waals surface area contributed by atoms with E-state index in [1.165, 1.54) is 25.7 Å². The molecule has 1 unspecified atom stereocenters. The number of carbonyl (C=O) groups is 1. The number of ether oxygens (including phenoxy) is 1. The van der Waals surface area contributed by atoms with Crippen LogP contribution in [-0.4, -0.2) is 56.3 Å². The predicted octanol–water partition coefficient (Wildman–Crippen LogP) is 2.88. The van der Waals surface area contributed by atoms with Crippen LogP contribution in [0.15, 0.2) is 0 Å². The summed E-state index contributed by atoms with van der Waals surface area (Å²) in [6.45, 7) is 2.81. The molecule has 0 amide bonds. The molecule has 0 aromatic carbocycles. The van der Waals surface area contributed by atoms with Gasteiger partial charge in [0.1, 0.15) is 6.61 Å². The van der Waals surface area contributed by atoms with Gasteiger partial charge in [-0.15, -0.1) is 0 Å². The van der Waals surface area contributed by atoms with Gasteiger partial charge >= 0.3 is 5.97 Å². The highest BCUT2D eigenvalue weighted by molar-refractivity contribution is 7.87. The van der Waals surface area contributed by atoms with E-state index in [2.05, 4.69) is 6.92 Å². The van der Waals surface area contributed by atoms with Crippen LogP contribution in [0, 0.1) is 0 Å². The number of hydrogen-bond acceptors (Lipinski definition) is 5. The second-order valence-electron chi connectivity index (χ2n) is 6.24. The third-order valence-corrected chi connectivity index (χ3v) is 4.87. The molecule has 23 heavy (non-hydrogen) atoms. The molecule has 0 saturated carbocycles. The minimum Gasteiger partial charge on any atom is -0.463 e. The summed E-state index contributed by atoms with van der Waals surface area (Å²) < 4.78 is 36.9. The smallest absolute Gasteiger partial charge is 0.326 e. The van der Waals surface area contributed by atoms with Crippen molar-refractivity contribution in [2.45, 2.75) is 70.0 Å². The van der Waals surface area contributed by atoms with E-state index in [0.29, 0.717) is 13.0 Å². The first-order chi connectivity index (χ1) is 10.8. The Balaban J connectivity index is 4.05. The largest absolute Gasteiger partial charge is 0.463 e. The van der Waals surface area contributed by atoms with E-state index in [1.54, 1.807) is 0 Å². The molecule has 0 heterocycles. The van der Waals surface area contributed by atoms with Crippen molar-refractivity contribution in [3.05, 3.63) is 0 Å². The Kier molecular flexibility index (Phi) is 12.4. The fourth-order valence-corrected chi connectivity index (χ4v) is 3.05. The first-order valence-electron chi connectivity index (χ1n) is 8.56. The van der Waals surface area contributed by atoms with Crippen LogP contribution in [0.3, 0.4) is 0 Å². The zero-order chi connectivity index (χ0) is 17.7. The summed E-state index contributed by atoms with van der Waals surface area (Å²) >= 11 is 0. The molecule has 0 rings (SSSR count). The van der Waals surface area contributed by atoms with Crippen LogP contribution in [0.25, 0.3) is 0 Å². The van der Waals surface area contributed by atoms with Crippen molar-refractivity contribution in [1.82, 2.24) is 4.90 Å². The maximum absolute atomic E-state index is 11.8. The molecule has 0 aromatic heterocycles. The van der Waals surface area contributed by atoms with Gasteiger partial charge in [-0.25, -0.2) is 0 Å². The molecule has 0 spiro atoms. The van der Waals surface area contributed by atoms with E-state index in [1.807, 2.05) is 19.0 Å². The Labute approximate surface area is 141 Å². The number of esters is 1. The molecule has 6 nitrogen and oxygen atoms in total. The highest BCUT2D eigenvalue weighted by atomic mass is 32.2. The summed E-state index contributed by atoms with van der Waals surface area (Å²) in [4.78, 5) is 13.7. The third kappa shape index (κ3) is 12.4. The Morgan fingerprint density at radius 1 is 1.04 bits per heavy atom. The van der Waals surface area contributed by atoms with Crippen LogP contribution in [-0.2, 0) is 19.6 Å². The summed E-state index contributed by atoms with van der Waals surface area (Å²) in [7, 11) is -0.752. The summed E-state index contributed by atoms with van der Waals surface area (Å²) in [5.41, 5.74) is 0. The molecule has 0 aliphatic rings. The van der Waals surface area contributed by atoms with Crippen molar-refractivity contribution in [1.29, 1.82) is 0 Å². The number of rotatable bonds is 14. The van der Waals surface area contributed by atoms with Crippen molar-refractivity contribution in [2.24, 2.45) is 0 Å². The van der Waals surface area contributed by atoms with Crippen molar-refractivity contribution in [2.75, 3.05) is 27.2 Å². The number of nitrogens with zero attached hydrogens (tertiary/aromatic N) is 1. The lowest BCUT2D eigenvalue weighted by atomic mass is 10.1. The molecule has 1 atom stereocenters. The van der Waals surface area contributed by atoms with Gasteiger partial charge in [-0.1, -0.05) is 58.3 Å². The zero-order valence-electron chi connectivity index (χ0n) is 14.8. The maximum Gasteiger partial charge on any atom is 0.326 e. The first kappa shape index (κ1) is 22.3. The van der Waals surface area contributed by atoms with Crippen LogP contribution >= 0.6 is 0 Å². The molecular formula is C16H33NO5S. The second-order valence-corrected chi connectivity index (χ2v) is 7.84. The number of unbranched alkanes of at least 4 members (excludes halogenated alkanes) is 7. The van der Waals surface area contributed by atoms with E-state index in [-0.39, 0.29) is 13.0 Å². The molecule has 7 heteroatoms. The van der Waals surface area contributed by atoms with E-state index in [9.17, 15) is 17.8 Å². The standard InChI is InChI=1S/C16H33NO5S/c1-4-5-6-7-8-9-10-11-12-15(23(19,20)21)16(18)22-14-13-17(2)3/h15H,4-14H2,1-3H3,(H,19,20,21). The molecule has 0 radical (unpaired) electrons. The molecule has 0 aliphatic carbocycles. The Morgan fingerprint density at radius 2 is 1.57 bits per heavy atom. The number of carbonyl (C=O) groups excluding carboxylic acids is 1. The van der Waals surface area contributed by atoms with Gasteiger partial charge in [0.05, 0.1) is 0 Å². The summed E-state index contributed by atoms with van der Waals surface area (Å²) in [6.07, 6.45) is 8.64. The van der Waals surface area contributed by atoms with Crippen molar-refractivity contribution < 1.29 is 22.5 Å². The predicted molar refractivity (Wildman–Crippen MR) is 92.1 cm³/mol. The quantitative estimate of drug-likeness (QED) is 0.294. The number of likely N-dealkylation sites (N-methyl/N-ethyl adjacent to an activating group) is 1. The summed E-state index contributed by atoms with van der Waals surface area (Å²) in [5.74, 6) is -0.850. The fraction of sp³-hybridized carbons (Fsp3) is 0.938. The lowest BCUT2D eigenvalue weighted by Crippen LogP contribution is -2.33. The Morgan fingerprint density at radius 3 is 2.04 bits per heavy atom. The van der Waals surface area contributed by atoms with Crippen molar-refractivity contribution >= 4 is 16.1 Å². The van der Waals surface area contributed by atoms with Gasteiger partial charge in [0.25, 0.3) is 10.1 Å². The molecule has 0 saturated heterocycles. The van der Waals surface area contributed by atoms with Gasteiger partial charge in [0.2, 0.25) is 0 Å². The lowest BCUT2D eigenvalue weighted by molar-refractivity contribution is -0.143. The zero-order valence-corrected chi connectivity index (χ0v) is 15.6. The van der Waals surface area contributed by atoms with E-state index in [4.69, 9.17) is 4.74 Å². The van der Waals surface area contributed by atoms with Crippen molar-refractivity contribution in [3.8, 4) is 0 Å². The topological polar surface area (TPSA) is 83.9 Å². The molecular weight excluding hydrogens is 318 g/mol. The summed E-state index contributed by atoms with van der Waals surface area (Å²) in [6, 6.07) is 0. The highest BCUT2D eigenvalue weighted by Gasteiger charge is 2.31. The average Bonchev–Trinajstić information content (AvgIpc) is 2.43. The minimum atomic E-state index is -4.41. The Hall–Kier alpha value is -0.660. The van der Waals surface area contributed by atoms with E-state index >= 15 is 0 Å². The lowest BCUT2D eigenvalue weighted by Gasteiger charge is -2.15. The van der Waals surface area contributed by atoms with Crippen LogP contribution in [0.1, 0.15) is 64.7 Å². The molecule has 0 aliphatic heterocycles. The maximum atomic E-state index is 11.8. The summed E-state index contributed by atoms with van der Waals surface area (Å²) in [5, 5.41) is -1.45. The van der Waals surface area contributed by atoms with Crippen LogP contribution in [0.4, 0.5) is 0 Å². The molecule has 0 aromatic rings. The third-order valence-electron chi connectivity index (χ3n) is 3.73. The molecule has 1 N–H and O–H groups in total. The van der Waals surface area contributed by atoms with Gasteiger partial charge < -0.3 is 9.64 Å². The SMILES string of the molecule is CCCCCCCCCCC(C(=O)OCCN(C)C)S(=O)(=O)O. The fourth-order valence-electron chi connectivity index (χ4n) is 2.27. The van der Waals surface area contributed by atoms with Crippen molar-refractivity contribution in [3.63, 3.8) is 0 Å². The number of hydrogen-bond donors (Lipinski definition) is 1. The monoisotopic (exact) mass is 351 g/mol. The van der Waals surface area contributed by atoms with Gasteiger partial charge in [-0.05, 0) is 20.5 Å². The van der Waals surface area contributed by atoms with Gasteiger partial charge in [0, 0.05) is 6.54 Å². The van der Waals surface area contributed by atoms with Crippen LogP contribution in [0.2, 0.25) is 0 Å². The normalized spacial score (nSPS) is 13.3. The Bertz CT molecular complexity index is 409. The van der Waals surface area contributed by atoms with E-state index in [0.717, 1.165) is 19.3 Å². The second kappa shape index (κ2) is 12.7. The molecule has 0 bridgehead atoms. The average molecular weight is 352 g/mol. The molecule has 0 fully saturated rings. The van der Waals surface area contributed by atoms with Crippen LogP contribution in [0.5, 0.6) is 0 Å². The highest BCUT2D eigenvalue weighted by Crippen LogP contribution is 2.15. The molecule has 138 valence electrons.